The van der Waals surface area contributed by atoms with E-state index in [2.05, 4.69) is 10.6 Å². The van der Waals surface area contributed by atoms with E-state index in [0.717, 1.165) is 25.7 Å². The molecule has 0 aromatic heterocycles. The van der Waals surface area contributed by atoms with E-state index in [4.69, 9.17) is 5.11 Å². The van der Waals surface area contributed by atoms with Gasteiger partial charge in [0, 0.05) is 44.4 Å². The van der Waals surface area contributed by atoms with Gasteiger partial charge in [0.05, 0.1) is 6.42 Å². The number of hydrogen-bond acceptors (Lipinski definition) is 4. The van der Waals surface area contributed by atoms with Crippen LogP contribution in [-0.4, -0.2) is 59.9 Å². The summed E-state index contributed by atoms with van der Waals surface area (Å²) < 4.78 is 0. The zero-order valence-corrected chi connectivity index (χ0v) is 19.2. The van der Waals surface area contributed by atoms with Gasteiger partial charge in [0.2, 0.25) is 17.7 Å². The predicted octanol–water partition coefficient (Wildman–Crippen LogP) is 2.56. The first-order valence-electron chi connectivity index (χ1n) is 11.3. The summed E-state index contributed by atoms with van der Waals surface area (Å²) in [6, 6.07) is 0. The second kappa shape index (κ2) is 16.7. The third-order valence-electron chi connectivity index (χ3n) is 5.43. The van der Waals surface area contributed by atoms with Crippen molar-refractivity contribution in [3.63, 3.8) is 0 Å². The van der Waals surface area contributed by atoms with Gasteiger partial charge >= 0.3 is 5.97 Å². The van der Waals surface area contributed by atoms with Gasteiger partial charge in [-0.3, -0.25) is 19.2 Å². The maximum atomic E-state index is 12.4. The normalized spacial score (nSPS) is 10.9. The Hall–Kier alpha value is -2.12. The molecule has 0 spiro atoms. The molecule has 3 N–H and O–H groups in total. The predicted molar refractivity (Wildman–Crippen MR) is 117 cm³/mol. The topological polar surface area (TPSA) is 116 Å². The first-order valence-corrected chi connectivity index (χ1v) is 11.3. The summed E-state index contributed by atoms with van der Waals surface area (Å²) in [6.45, 7) is 9.78. The summed E-state index contributed by atoms with van der Waals surface area (Å²) in [4.78, 5) is 48.9. The van der Waals surface area contributed by atoms with Crippen LogP contribution in [0.15, 0.2) is 0 Å². The molecular weight excluding hydrogens is 386 g/mol. The minimum absolute atomic E-state index is 0.0111. The Morgan fingerprint density at radius 2 is 1.13 bits per heavy atom. The molecule has 0 unspecified atom stereocenters. The van der Waals surface area contributed by atoms with Crippen LogP contribution in [0, 0.1) is 11.8 Å². The molecule has 0 aliphatic rings. The molecule has 3 amide bonds. The van der Waals surface area contributed by atoms with E-state index in [0.29, 0.717) is 39.0 Å². The monoisotopic (exact) mass is 427 g/mol. The van der Waals surface area contributed by atoms with Crippen molar-refractivity contribution in [2.75, 3.05) is 26.2 Å². The molecule has 0 fully saturated rings. The molecule has 30 heavy (non-hydrogen) atoms. The second-order valence-corrected chi connectivity index (χ2v) is 7.59. The highest BCUT2D eigenvalue weighted by atomic mass is 16.4. The molecule has 8 nitrogen and oxygen atoms in total. The molecule has 174 valence electrons. The molecule has 8 heteroatoms. The van der Waals surface area contributed by atoms with Crippen molar-refractivity contribution in [3.8, 4) is 0 Å². The van der Waals surface area contributed by atoms with Gasteiger partial charge < -0.3 is 20.6 Å². The number of rotatable bonds is 17. The minimum Gasteiger partial charge on any atom is -0.481 e. The van der Waals surface area contributed by atoms with Crippen molar-refractivity contribution in [2.45, 2.75) is 79.1 Å². The number of carboxylic acids is 1. The Labute approximate surface area is 181 Å². The summed E-state index contributed by atoms with van der Waals surface area (Å²) in [5.41, 5.74) is 0. The maximum Gasteiger partial charge on any atom is 0.303 e. The summed E-state index contributed by atoms with van der Waals surface area (Å²) in [5.74, 6) is -1.12. The van der Waals surface area contributed by atoms with E-state index in [1.165, 1.54) is 0 Å². The van der Waals surface area contributed by atoms with Gasteiger partial charge in [-0.15, -0.1) is 0 Å². The number of hydrogen-bond donors (Lipinski definition) is 3. The van der Waals surface area contributed by atoms with Crippen LogP contribution in [0.5, 0.6) is 0 Å². The molecule has 0 saturated carbocycles. The minimum atomic E-state index is -1.00. The molecule has 0 saturated heterocycles. The lowest BCUT2D eigenvalue weighted by Gasteiger charge is -2.23. The molecule has 0 radical (unpaired) electrons. The molecular formula is C22H41N3O5. The number of carbonyl (C=O) groups is 4. The quantitative estimate of drug-likeness (QED) is 0.309. The lowest BCUT2D eigenvalue weighted by atomic mass is 10.0. The van der Waals surface area contributed by atoms with Gasteiger partial charge in [0.25, 0.3) is 0 Å². The fourth-order valence-electron chi connectivity index (χ4n) is 3.30. The standard InChI is InChI=1S/C22H41N3O5/c1-5-17(6-2)21(29)23-13-9-15-25(19(26)11-12-20(27)28)16-10-14-24-22(30)18(7-3)8-4/h17-18H,5-16H2,1-4H3,(H,23,29)(H,24,30)(H,27,28). The zero-order valence-electron chi connectivity index (χ0n) is 19.2. The van der Waals surface area contributed by atoms with Crippen LogP contribution in [0.25, 0.3) is 0 Å². The van der Waals surface area contributed by atoms with Gasteiger partial charge in [0.1, 0.15) is 0 Å². The lowest BCUT2D eigenvalue weighted by molar-refractivity contribution is -0.141. The van der Waals surface area contributed by atoms with E-state index in [1.807, 2.05) is 27.7 Å². The van der Waals surface area contributed by atoms with Gasteiger partial charge in [0.15, 0.2) is 0 Å². The lowest BCUT2D eigenvalue weighted by Crippen LogP contribution is -2.38. The number of amides is 3. The summed E-state index contributed by atoms with van der Waals surface area (Å²) in [6.07, 6.45) is 4.14. The van der Waals surface area contributed by atoms with Crippen LogP contribution in [-0.2, 0) is 19.2 Å². The molecule has 0 aromatic rings. The smallest absolute Gasteiger partial charge is 0.303 e. The van der Waals surface area contributed by atoms with Crippen molar-refractivity contribution in [2.24, 2.45) is 11.8 Å². The third kappa shape index (κ3) is 11.8. The number of nitrogens with one attached hydrogen (secondary N) is 2. The van der Waals surface area contributed by atoms with Crippen LogP contribution in [0.4, 0.5) is 0 Å². The maximum absolute atomic E-state index is 12.4. The Kier molecular flexibility index (Phi) is 15.5. The van der Waals surface area contributed by atoms with Crippen LogP contribution in [0.1, 0.15) is 79.1 Å². The van der Waals surface area contributed by atoms with Crippen LogP contribution in [0.3, 0.4) is 0 Å². The number of carboxylic acid groups (broad SMARTS) is 1. The molecule has 0 bridgehead atoms. The summed E-state index contributed by atoms with van der Waals surface area (Å²) in [5, 5.41) is 14.6. The van der Waals surface area contributed by atoms with Crippen LogP contribution in [0.2, 0.25) is 0 Å². The fraction of sp³-hybridized carbons (Fsp3) is 0.818. The van der Waals surface area contributed by atoms with E-state index in [9.17, 15) is 19.2 Å². The molecule has 0 aliphatic heterocycles. The summed E-state index contributed by atoms with van der Waals surface area (Å²) in [7, 11) is 0. The van der Waals surface area contributed by atoms with Gasteiger partial charge in [-0.2, -0.15) is 0 Å². The van der Waals surface area contributed by atoms with Crippen LogP contribution < -0.4 is 10.6 Å². The first kappa shape index (κ1) is 27.9. The van der Waals surface area contributed by atoms with Crippen molar-refractivity contribution >= 4 is 23.7 Å². The summed E-state index contributed by atoms with van der Waals surface area (Å²) >= 11 is 0. The number of carbonyl (C=O) groups excluding carboxylic acids is 3. The zero-order chi connectivity index (χ0) is 22.9. The molecule has 0 aromatic carbocycles. The highest BCUT2D eigenvalue weighted by Crippen LogP contribution is 2.08. The largest absolute Gasteiger partial charge is 0.481 e. The van der Waals surface area contributed by atoms with Crippen LogP contribution >= 0.6 is 0 Å². The SMILES string of the molecule is CCC(CC)C(=O)NCCCN(CCCNC(=O)C(CC)CC)C(=O)CCC(=O)O. The van der Waals surface area contributed by atoms with Crippen molar-refractivity contribution in [1.29, 1.82) is 0 Å². The van der Waals surface area contributed by atoms with Crippen molar-refractivity contribution in [3.05, 3.63) is 0 Å². The highest BCUT2D eigenvalue weighted by molar-refractivity contribution is 5.81. The van der Waals surface area contributed by atoms with Gasteiger partial charge in [-0.1, -0.05) is 27.7 Å². The Morgan fingerprint density at radius 1 is 0.733 bits per heavy atom. The third-order valence-corrected chi connectivity index (χ3v) is 5.43. The number of nitrogens with zero attached hydrogens (tertiary/aromatic N) is 1. The molecule has 0 aliphatic carbocycles. The van der Waals surface area contributed by atoms with E-state index < -0.39 is 5.97 Å². The molecule has 0 atom stereocenters. The Morgan fingerprint density at radius 3 is 1.47 bits per heavy atom. The Bertz CT molecular complexity index is 499. The highest BCUT2D eigenvalue weighted by Gasteiger charge is 2.17. The second-order valence-electron chi connectivity index (χ2n) is 7.59. The fourth-order valence-corrected chi connectivity index (χ4v) is 3.30. The van der Waals surface area contributed by atoms with Gasteiger partial charge in [-0.05, 0) is 38.5 Å². The van der Waals surface area contributed by atoms with Gasteiger partial charge in [-0.25, -0.2) is 0 Å². The Balaban J connectivity index is 4.51. The van der Waals surface area contributed by atoms with E-state index in [-0.39, 0.29) is 42.4 Å². The first-order chi connectivity index (χ1) is 14.3. The average Bonchev–Trinajstić information content (AvgIpc) is 2.72. The van der Waals surface area contributed by atoms with Crippen molar-refractivity contribution < 1.29 is 24.3 Å². The van der Waals surface area contributed by atoms with Crippen molar-refractivity contribution in [1.82, 2.24) is 15.5 Å². The van der Waals surface area contributed by atoms with E-state index in [1.54, 1.807) is 4.90 Å². The average molecular weight is 428 g/mol. The molecule has 0 heterocycles. The molecule has 0 rings (SSSR count). The number of aliphatic carboxylic acids is 1. The van der Waals surface area contributed by atoms with E-state index >= 15 is 0 Å².